The van der Waals surface area contributed by atoms with E-state index in [0.717, 1.165) is 22.2 Å². The van der Waals surface area contributed by atoms with Gasteiger partial charge < -0.3 is 9.47 Å². The summed E-state index contributed by atoms with van der Waals surface area (Å²) in [4.78, 5) is 27.1. The van der Waals surface area contributed by atoms with Crippen molar-refractivity contribution in [3.63, 3.8) is 0 Å². The summed E-state index contributed by atoms with van der Waals surface area (Å²) in [6, 6.07) is 11.8. The van der Waals surface area contributed by atoms with Crippen LogP contribution in [0.15, 0.2) is 47.8 Å². The van der Waals surface area contributed by atoms with E-state index >= 15 is 0 Å². The van der Waals surface area contributed by atoms with E-state index in [1.165, 1.54) is 30.6 Å². The maximum Gasteiger partial charge on any atom is 0.342 e. The summed E-state index contributed by atoms with van der Waals surface area (Å²) >= 11 is 1.45. The Hall–Kier alpha value is -3.26. The van der Waals surface area contributed by atoms with Crippen LogP contribution in [0.1, 0.15) is 21.6 Å². The molecule has 0 aliphatic carbocycles. The average molecular weight is 384 g/mol. The fourth-order valence-electron chi connectivity index (χ4n) is 2.39. The number of non-ortho nitro benzene ring substituents is 1. The number of nitrogens with zero attached hydrogens (tertiary/aromatic N) is 2. The minimum absolute atomic E-state index is 0.000637. The van der Waals surface area contributed by atoms with Crippen LogP contribution in [-0.4, -0.2) is 23.0 Å². The fourth-order valence-corrected chi connectivity index (χ4v) is 3.20. The molecule has 0 N–H and O–H groups in total. The molecule has 0 saturated heterocycles. The van der Waals surface area contributed by atoms with Crippen LogP contribution in [-0.2, 0) is 11.3 Å². The van der Waals surface area contributed by atoms with Gasteiger partial charge >= 0.3 is 5.97 Å². The van der Waals surface area contributed by atoms with Crippen LogP contribution in [0.3, 0.4) is 0 Å². The number of ether oxygens (including phenoxy) is 2. The third-order valence-corrected chi connectivity index (χ3v) is 4.76. The van der Waals surface area contributed by atoms with Crippen molar-refractivity contribution in [1.29, 1.82) is 0 Å². The van der Waals surface area contributed by atoms with Gasteiger partial charge in [-0.1, -0.05) is 29.8 Å². The van der Waals surface area contributed by atoms with E-state index in [2.05, 4.69) is 4.98 Å². The second kappa shape index (κ2) is 7.96. The lowest BCUT2D eigenvalue weighted by Crippen LogP contribution is -2.08. The zero-order valence-electron chi connectivity index (χ0n) is 14.7. The van der Waals surface area contributed by atoms with Crippen LogP contribution in [0, 0.1) is 17.0 Å². The molecule has 2 aromatic carbocycles. The Morgan fingerprint density at radius 1 is 1.22 bits per heavy atom. The van der Waals surface area contributed by atoms with E-state index in [1.807, 2.05) is 36.6 Å². The van der Waals surface area contributed by atoms with Gasteiger partial charge in [-0.2, -0.15) is 0 Å². The minimum atomic E-state index is -0.708. The molecule has 27 heavy (non-hydrogen) atoms. The van der Waals surface area contributed by atoms with Gasteiger partial charge in [-0.05, 0) is 13.0 Å². The molecule has 0 amide bonds. The number of carbonyl (C=O) groups is 1. The zero-order chi connectivity index (χ0) is 19.4. The molecule has 0 radical (unpaired) electrons. The normalized spacial score (nSPS) is 10.4. The molecule has 0 aliphatic heterocycles. The Bertz CT molecular complexity index is 982. The first-order valence-corrected chi connectivity index (χ1v) is 8.87. The highest BCUT2D eigenvalue weighted by Crippen LogP contribution is 2.26. The molecule has 0 bridgehead atoms. The lowest BCUT2D eigenvalue weighted by molar-refractivity contribution is -0.384. The number of esters is 1. The fraction of sp³-hybridized carbons (Fsp3) is 0.158. The number of benzene rings is 2. The zero-order valence-corrected chi connectivity index (χ0v) is 15.5. The van der Waals surface area contributed by atoms with Crippen molar-refractivity contribution >= 4 is 23.0 Å². The van der Waals surface area contributed by atoms with Crippen LogP contribution in [0.5, 0.6) is 5.75 Å². The van der Waals surface area contributed by atoms with Crippen LogP contribution < -0.4 is 4.74 Å². The van der Waals surface area contributed by atoms with Gasteiger partial charge in [-0.3, -0.25) is 10.1 Å². The summed E-state index contributed by atoms with van der Waals surface area (Å²) in [5, 5.41) is 13.6. The van der Waals surface area contributed by atoms with Crippen molar-refractivity contribution in [3.8, 4) is 16.3 Å². The van der Waals surface area contributed by atoms with E-state index < -0.39 is 10.9 Å². The van der Waals surface area contributed by atoms with Gasteiger partial charge in [-0.15, -0.1) is 11.3 Å². The lowest BCUT2D eigenvalue weighted by atomic mass is 10.2. The molecule has 7 nitrogen and oxygen atoms in total. The maximum absolute atomic E-state index is 12.3. The number of thiazole rings is 1. The Kier molecular flexibility index (Phi) is 5.46. The molecule has 0 fully saturated rings. The largest absolute Gasteiger partial charge is 0.496 e. The van der Waals surface area contributed by atoms with Gasteiger partial charge in [0.1, 0.15) is 22.9 Å². The third kappa shape index (κ3) is 4.29. The lowest BCUT2D eigenvalue weighted by Gasteiger charge is -2.07. The smallest absolute Gasteiger partial charge is 0.342 e. The van der Waals surface area contributed by atoms with Gasteiger partial charge in [0.05, 0.1) is 17.7 Å². The van der Waals surface area contributed by atoms with Crippen molar-refractivity contribution in [2.45, 2.75) is 13.5 Å². The molecule has 8 heteroatoms. The predicted octanol–water partition coefficient (Wildman–Crippen LogP) is 4.39. The second-order valence-electron chi connectivity index (χ2n) is 5.73. The molecule has 0 aliphatic rings. The van der Waals surface area contributed by atoms with E-state index in [0.29, 0.717) is 5.69 Å². The van der Waals surface area contributed by atoms with Crippen LogP contribution in [0.4, 0.5) is 5.69 Å². The van der Waals surface area contributed by atoms with Crippen molar-refractivity contribution in [1.82, 2.24) is 4.98 Å². The highest BCUT2D eigenvalue weighted by molar-refractivity contribution is 7.13. The SMILES string of the molecule is COc1ccc([N+](=O)[O-])cc1C(=O)OCc1csc(-c2ccc(C)cc2)n1. The maximum atomic E-state index is 12.3. The first kappa shape index (κ1) is 18.5. The molecule has 3 rings (SSSR count). The van der Waals surface area contributed by atoms with E-state index in [4.69, 9.17) is 9.47 Å². The number of nitro groups is 1. The number of methoxy groups -OCH3 is 1. The first-order valence-electron chi connectivity index (χ1n) is 7.99. The molecular weight excluding hydrogens is 368 g/mol. The monoisotopic (exact) mass is 384 g/mol. The number of rotatable bonds is 6. The van der Waals surface area contributed by atoms with E-state index in [-0.39, 0.29) is 23.6 Å². The Morgan fingerprint density at radius 2 is 1.96 bits per heavy atom. The molecule has 0 saturated carbocycles. The van der Waals surface area contributed by atoms with Gasteiger partial charge in [0.25, 0.3) is 5.69 Å². The van der Waals surface area contributed by atoms with Gasteiger partial charge in [0, 0.05) is 23.1 Å². The van der Waals surface area contributed by atoms with Crippen LogP contribution in [0.25, 0.3) is 10.6 Å². The summed E-state index contributed by atoms with van der Waals surface area (Å²) in [5.74, 6) is -0.496. The highest BCUT2D eigenvalue weighted by atomic mass is 32.1. The minimum Gasteiger partial charge on any atom is -0.496 e. The molecule has 0 spiro atoms. The molecule has 0 atom stereocenters. The van der Waals surface area contributed by atoms with Crippen LogP contribution >= 0.6 is 11.3 Å². The standard InChI is InChI=1S/C19H16N2O5S/c1-12-3-5-13(6-4-12)18-20-14(11-27-18)10-26-19(22)16-9-15(21(23)24)7-8-17(16)25-2/h3-9,11H,10H2,1-2H3. The van der Waals surface area contributed by atoms with Crippen molar-refractivity contribution in [3.05, 3.63) is 74.8 Å². The van der Waals surface area contributed by atoms with Crippen molar-refractivity contribution < 1.29 is 19.2 Å². The van der Waals surface area contributed by atoms with Crippen LogP contribution in [0.2, 0.25) is 0 Å². The molecule has 1 aromatic heterocycles. The quantitative estimate of drug-likeness (QED) is 0.355. The highest BCUT2D eigenvalue weighted by Gasteiger charge is 2.19. The predicted molar refractivity (Wildman–Crippen MR) is 101 cm³/mol. The summed E-state index contributed by atoms with van der Waals surface area (Å²) in [7, 11) is 1.38. The molecule has 1 heterocycles. The summed E-state index contributed by atoms with van der Waals surface area (Å²) in [5.41, 5.74) is 2.55. The number of aromatic nitrogens is 1. The number of hydrogen-bond acceptors (Lipinski definition) is 7. The molecule has 3 aromatic rings. The van der Waals surface area contributed by atoms with Gasteiger partial charge in [0.15, 0.2) is 0 Å². The van der Waals surface area contributed by atoms with E-state index in [9.17, 15) is 14.9 Å². The number of hydrogen-bond donors (Lipinski definition) is 0. The Balaban J connectivity index is 1.72. The first-order chi connectivity index (χ1) is 13.0. The average Bonchev–Trinajstić information content (AvgIpc) is 3.15. The van der Waals surface area contributed by atoms with Gasteiger partial charge in [0.2, 0.25) is 0 Å². The second-order valence-corrected chi connectivity index (χ2v) is 6.59. The van der Waals surface area contributed by atoms with Crippen molar-refractivity contribution in [2.24, 2.45) is 0 Å². The summed E-state index contributed by atoms with van der Waals surface area (Å²) < 4.78 is 10.4. The number of carbonyl (C=O) groups excluding carboxylic acids is 1. The summed E-state index contributed by atoms with van der Waals surface area (Å²) in [6.07, 6.45) is 0. The molecular formula is C19H16N2O5S. The number of nitro benzene ring substituents is 1. The molecule has 138 valence electrons. The van der Waals surface area contributed by atoms with E-state index in [1.54, 1.807) is 0 Å². The van der Waals surface area contributed by atoms with Gasteiger partial charge in [-0.25, -0.2) is 9.78 Å². The molecule has 0 unspecified atom stereocenters. The Morgan fingerprint density at radius 3 is 2.63 bits per heavy atom. The summed E-state index contributed by atoms with van der Waals surface area (Å²) in [6.45, 7) is 1.98. The topological polar surface area (TPSA) is 91.6 Å². The van der Waals surface area contributed by atoms with Crippen molar-refractivity contribution in [2.75, 3.05) is 7.11 Å². The third-order valence-electron chi connectivity index (χ3n) is 3.82. The Labute approximate surface area is 159 Å². The number of aryl methyl sites for hydroxylation is 1.